The zero-order valence-electron chi connectivity index (χ0n) is 9.55. The summed E-state index contributed by atoms with van der Waals surface area (Å²) in [4.78, 5) is -0.343. The van der Waals surface area contributed by atoms with Gasteiger partial charge in [-0.3, -0.25) is 0 Å². The first-order valence-corrected chi connectivity index (χ1v) is 7.33. The molecule has 0 aromatic heterocycles. The van der Waals surface area contributed by atoms with Crippen molar-refractivity contribution < 1.29 is 8.78 Å². The zero-order chi connectivity index (χ0) is 13.3. The summed E-state index contributed by atoms with van der Waals surface area (Å²) >= 11 is 5.62. The molecule has 0 fully saturated rings. The largest absolute Gasteiger partial charge is 0.207 e. The first-order valence-electron chi connectivity index (χ1n) is 5.34. The number of halogens is 4. The van der Waals surface area contributed by atoms with Crippen LogP contribution in [0.25, 0.3) is 0 Å². The van der Waals surface area contributed by atoms with Gasteiger partial charge in [0.15, 0.2) is 0 Å². The highest BCUT2D eigenvalue weighted by Gasteiger charge is 2.16. The van der Waals surface area contributed by atoms with Gasteiger partial charge in [0.1, 0.15) is 11.6 Å². The highest BCUT2D eigenvalue weighted by Crippen LogP contribution is 2.33. The lowest BCUT2D eigenvalue weighted by Crippen LogP contribution is -1.99. The third-order valence-electron chi connectivity index (χ3n) is 2.71. The van der Waals surface area contributed by atoms with Gasteiger partial charge in [0, 0.05) is 9.13 Å². The lowest BCUT2D eigenvalue weighted by atomic mass is 10.0. The Balaban J connectivity index is 2.42. The van der Waals surface area contributed by atoms with Gasteiger partial charge in [0.25, 0.3) is 0 Å². The Morgan fingerprint density at radius 3 is 2.28 bits per heavy atom. The van der Waals surface area contributed by atoms with E-state index in [0.29, 0.717) is 11.1 Å². The first-order chi connectivity index (χ1) is 8.49. The minimum absolute atomic E-state index is 0.318. The average molecular weight is 423 g/mol. The Labute approximate surface area is 127 Å². The van der Waals surface area contributed by atoms with Gasteiger partial charge in [-0.05, 0) is 64.9 Å². The molecule has 1 atom stereocenters. The molecular formula is C14H10BrF2I. The third kappa shape index (κ3) is 2.91. The summed E-state index contributed by atoms with van der Waals surface area (Å²) in [6, 6.07) is 10.2. The second kappa shape index (κ2) is 5.65. The standard InChI is InChI=1S/C14H10BrF2I/c1-8-6-13(17)11(7-12(8)16)14(15)9-2-4-10(18)5-3-9/h2-7,14H,1H3. The molecule has 0 bridgehead atoms. The highest BCUT2D eigenvalue weighted by atomic mass is 127. The molecule has 0 aliphatic carbocycles. The Hall–Kier alpha value is -0.490. The van der Waals surface area contributed by atoms with Crippen molar-refractivity contribution in [2.45, 2.75) is 11.8 Å². The van der Waals surface area contributed by atoms with Gasteiger partial charge in [-0.2, -0.15) is 0 Å². The minimum Gasteiger partial charge on any atom is -0.207 e. The molecule has 0 nitrogen and oxygen atoms in total. The predicted octanol–water partition coefficient (Wildman–Crippen LogP) is 5.36. The number of rotatable bonds is 2. The fourth-order valence-corrected chi connectivity index (χ4v) is 2.68. The monoisotopic (exact) mass is 422 g/mol. The summed E-state index contributed by atoms with van der Waals surface area (Å²) in [6.07, 6.45) is 0. The van der Waals surface area contributed by atoms with Gasteiger partial charge in [0.2, 0.25) is 0 Å². The van der Waals surface area contributed by atoms with Gasteiger partial charge in [-0.15, -0.1) is 0 Å². The Bertz CT molecular complexity index is 567. The molecule has 2 aromatic carbocycles. The SMILES string of the molecule is Cc1cc(F)c(C(Br)c2ccc(I)cc2)cc1F. The number of hydrogen-bond acceptors (Lipinski definition) is 0. The molecule has 0 aliphatic heterocycles. The van der Waals surface area contributed by atoms with Crippen molar-refractivity contribution in [1.82, 2.24) is 0 Å². The van der Waals surface area contributed by atoms with Gasteiger partial charge in [-0.25, -0.2) is 8.78 Å². The van der Waals surface area contributed by atoms with Crippen LogP contribution in [-0.2, 0) is 0 Å². The predicted molar refractivity (Wildman–Crippen MR) is 81.0 cm³/mol. The topological polar surface area (TPSA) is 0 Å². The maximum atomic E-state index is 13.8. The van der Waals surface area contributed by atoms with Crippen LogP contribution < -0.4 is 0 Å². The maximum absolute atomic E-state index is 13.8. The molecule has 0 heterocycles. The van der Waals surface area contributed by atoms with Crippen molar-refractivity contribution in [3.05, 3.63) is 68.3 Å². The fraction of sp³-hybridized carbons (Fsp3) is 0.143. The van der Waals surface area contributed by atoms with Gasteiger partial charge in [0.05, 0.1) is 4.83 Å². The molecule has 0 aliphatic rings. The van der Waals surface area contributed by atoms with E-state index in [1.165, 1.54) is 12.1 Å². The molecule has 18 heavy (non-hydrogen) atoms. The summed E-state index contributed by atoms with van der Waals surface area (Å²) in [7, 11) is 0. The van der Waals surface area contributed by atoms with Crippen LogP contribution in [0.2, 0.25) is 0 Å². The Kier molecular flexibility index (Phi) is 4.37. The van der Waals surface area contributed by atoms with Gasteiger partial charge < -0.3 is 0 Å². The van der Waals surface area contributed by atoms with E-state index in [2.05, 4.69) is 38.5 Å². The van der Waals surface area contributed by atoms with Crippen molar-refractivity contribution in [2.24, 2.45) is 0 Å². The Morgan fingerprint density at radius 1 is 1.06 bits per heavy atom. The van der Waals surface area contributed by atoms with E-state index in [9.17, 15) is 8.78 Å². The third-order valence-corrected chi connectivity index (χ3v) is 4.45. The second-order valence-corrected chi connectivity index (χ2v) is 6.20. The van der Waals surface area contributed by atoms with Crippen molar-refractivity contribution in [1.29, 1.82) is 0 Å². The highest BCUT2D eigenvalue weighted by molar-refractivity contribution is 14.1. The van der Waals surface area contributed by atoms with Crippen LogP contribution in [0.5, 0.6) is 0 Å². The van der Waals surface area contributed by atoms with Crippen LogP contribution in [0.15, 0.2) is 36.4 Å². The van der Waals surface area contributed by atoms with Crippen LogP contribution >= 0.6 is 38.5 Å². The molecule has 94 valence electrons. The van der Waals surface area contributed by atoms with E-state index in [4.69, 9.17) is 0 Å². The van der Waals surface area contributed by atoms with Crippen LogP contribution in [0.4, 0.5) is 8.78 Å². The van der Waals surface area contributed by atoms with Crippen LogP contribution in [0, 0.1) is 22.1 Å². The van der Waals surface area contributed by atoms with E-state index in [0.717, 1.165) is 9.13 Å². The van der Waals surface area contributed by atoms with E-state index in [1.54, 1.807) is 6.92 Å². The number of benzene rings is 2. The quantitative estimate of drug-likeness (QED) is 0.451. The Morgan fingerprint density at radius 2 is 1.67 bits per heavy atom. The molecular weight excluding hydrogens is 413 g/mol. The van der Waals surface area contributed by atoms with Gasteiger partial charge in [-0.1, -0.05) is 28.1 Å². The normalized spacial score (nSPS) is 12.5. The van der Waals surface area contributed by atoms with Crippen molar-refractivity contribution in [3.8, 4) is 0 Å². The lowest BCUT2D eigenvalue weighted by Gasteiger charge is -2.13. The minimum atomic E-state index is -0.394. The maximum Gasteiger partial charge on any atom is 0.128 e. The molecule has 0 spiro atoms. The van der Waals surface area contributed by atoms with Crippen LogP contribution in [0.3, 0.4) is 0 Å². The molecule has 2 rings (SSSR count). The molecule has 4 heteroatoms. The number of alkyl halides is 1. The summed E-state index contributed by atoms with van der Waals surface area (Å²) in [5, 5.41) is 0. The molecule has 2 aromatic rings. The number of aryl methyl sites for hydroxylation is 1. The molecule has 0 saturated heterocycles. The van der Waals surface area contributed by atoms with Crippen LogP contribution in [-0.4, -0.2) is 0 Å². The summed E-state index contributed by atoms with van der Waals surface area (Å²) in [5.41, 5.74) is 1.54. The molecule has 0 saturated carbocycles. The van der Waals surface area contributed by atoms with Crippen molar-refractivity contribution >= 4 is 38.5 Å². The van der Waals surface area contributed by atoms with E-state index >= 15 is 0 Å². The van der Waals surface area contributed by atoms with E-state index < -0.39 is 5.82 Å². The van der Waals surface area contributed by atoms with Crippen molar-refractivity contribution in [2.75, 3.05) is 0 Å². The van der Waals surface area contributed by atoms with Crippen LogP contribution in [0.1, 0.15) is 21.5 Å². The zero-order valence-corrected chi connectivity index (χ0v) is 13.3. The fourth-order valence-electron chi connectivity index (χ4n) is 1.67. The van der Waals surface area contributed by atoms with E-state index in [1.807, 2.05) is 24.3 Å². The van der Waals surface area contributed by atoms with Gasteiger partial charge >= 0.3 is 0 Å². The summed E-state index contributed by atoms with van der Waals surface area (Å²) in [5.74, 6) is -0.782. The second-order valence-electron chi connectivity index (χ2n) is 4.04. The average Bonchev–Trinajstić information content (AvgIpc) is 2.34. The van der Waals surface area contributed by atoms with Crippen molar-refractivity contribution in [3.63, 3.8) is 0 Å². The summed E-state index contributed by atoms with van der Waals surface area (Å²) in [6.45, 7) is 1.55. The molecule has 0 radical (unpaired) electrons. The summed E-state index contributed by atoms with van der Waals surface area (Å²) < 4.78 is 28.5. The number of hydrogen-bond donors (Lipinski definition) is 0. The molecule has 0 amide bonds. The van der Waals surface area contributed by atoms with E-state index in [-0.39, 0.29) is 10.6 Å². The molecule has 1 unspecified atom stereocenters. The smallest absolute Gasteiger partial charge is 0.128 e. The first kappa shape index (κ1) is 13.9. The molecule has 0 N–H and O–H groups in total. The lowest BCUT2D eigenvalue weighted by molar-refractivity contribution is 0.581.